The Balaban J connectivity index is 1.18. The standard InChI is InChI=1S/C25H36N6O4/c1-3-34-23(32)19-15-27-31(16-19)21-6-5-9-26-22(21)29-12-10-28(11-13-29)20-7-8-25(14-20)17-30(18-25)24(33)35-4-2/h5-6,9,15-16,20,23,32H,3-4,7-8,10-14,17-18H2,1-2H3/t20-,23?/m1/s1. The minimum absolute atomic E-state index is 0.168. The fourth-order valence-corrected chi connectivity index (χ4v) is 5.84. The Labute approximate surface area is 206 Å². The van der Waals surface area contributed by atoms with Crippen LogP contribution in [0.15, 0.2) is 30.7 Å². The van der Waals surface area contributed by atoms with Gasteiger partial charge in [0.25, 0.3) is 0 Å². The van der Waals surface area contributed by atoms with E-state index < -0.39 is 6.29 Å². The summed E-state index contributed by atoms with van der Waals surface area (Å²) in [4.78, 5) is 23.4. The van der Waals surface area contributed by atoms with Gasteiger partial charge >= 0.3 is 6.09 Å². The number of carbonyl (C=O) groups excluding carboxylic acids is 1. The number of amides is 1. The van der Waals surface area contributed by atoms with E-state index in [1.807, 2.05) is 37.1 Å². The van der Waals surface area contributed by atoms with Gasteiger partial charge < -0.3 is 24.4 Å². The summed E-state index contributed by atoms with van der Waals surface area (Å²) in [5.74, 6) is 0.902. The number of nitrogens with zero attached hydrogens (tertiary/aromatic N) is 6. The third kappa shape index (κ3) is 4.87. The van der Waals surface area contributed by atoms with Gasteiger partial charge in [-0.3, -0.25) is 4.90 Å². The Morgan fingerprint density at radius 2 is 2.03 bits per heavy atom. The molecule has 5 rings (SSSR count). The Morgan fingerprint density at radius 3 is 2.77 bits per heavy atom. The van der Waals surface area contributed by atoms with E-state index in [0.29, 0.717) is 24.8 Å². The second-order valence-corrected chi connectivity index (χ2v) is 9.85. The van der Waals surface area contributed by atoms with Crippen molar-refractivity contribution in [1.82, 2.24) is 24.6 Å². The highest BCUT2D eigenvalue weighted by molar-refractivity contribution is 5.69. The second-order valence-electron chi connectivity index (χ2n) is 9.85. The lowest BCUT2D eigenvalue weighted by Gasteiger charge is -2.48. The summed E-state index contributed by atoms with van der Waals surface area (Å²) < 4.78 is 12.2. The number of ether oxygens (including phenoxy) is 2. The zero-order valence-corrected chi connectivity index (χ0v) is 20.7. The molecule has 1 N–H and O–H groups in total. The number of anilines is 1. The molecule has 190 valence electrons. The third-order valence-electron chi connectivity index (χ3n) is 7.61. The average Bonchev–Trinajstić information content (AvgIpc) is 3.52. The molecular weight excluding hydrogens is 448 g/mol. The number of likely N-dealkylation sites (tertiary alicyclic amines) is 1. The smallest absolute Gasteiger partial charge is 0.409 e. The zero-order valence-electron chi connectivity index (χ0n) is 20.7. The molecule has 10 nitrogen and oxygen atoms in total. The van der Waals surface area contributed by atoms with E-state index in [9.17, 15) is 9.90 Å². The van der Waals surface area contributed by atoms with Crippen LogP contribution < -0.4 is 4.90 Å². The van der Waals surface area contributed by atoms with E-state index in [0.717, 1.165) is 57.2 Å². The average molecular weight is 485 g/mol. The number of hydrogen-bond donors (Lipinski definition) is 1. The van der Waals surface area contributed by atoms with Gasteiger partial charge in [-0.25, -0.2) is 14.5 Å². The van der Waals surface area contributed by atoms with Gasteiger partial charge in [-0.05, 0) is 45.2 Å². The molecule has 4 heterocycles. The van der Waals surface area contributed by atoms with Gasteiger partial charge in [0, 0.05) is 75.3 Å². The number of aliphatic hydroxyl groups is 1. The number of piperazine rings is 1. The Bertz CT molecular complexity index is 1010. The second kappa shape index (κ2) is 10.1. The highest BCUT2D eigenvalue weighted by Gasteiger charge is 2.51. The van der Waals surface area contributed by atoms with E-state index in [4.69, 9.17) is 9.47 Å². The van der Waals surface area contributed by atoms with Crippen LogP contribution >= 0.6 is 0 Å². The molecule has 1 aliphatic carbocycles. The van der Waals surface area contributed by atoms with Crippen LogP contribution in [0.2, 0.25) is 0 Å². The van der Waals surface area contributed by atoms with Crippen molar-refractivity contribution in [3.05, 3.63) is 36.3 Å². The minimum atomic E-state index is -0.979. The molecule has 2 atom stereocenters. The lowest BCUT2D eigenvalue weighted by atomic mass is 9.78. The van der Waals surface area contributed by atoms with Crippen LogP contribution in [0, 0.1) is 5.41 Å². The number of pyridine rings is 1. The Hall–Kier alpha value is -2.69. The summed E-state index contributed by atoms with van der Waals surface area (Å²) in [6.45, 7) is 10.0. The van der Waals surface area contributed by atoms with Crippen molar-refractivity contribution < 1.29 is 19.4 Å². The summed E-state index contributed by atoms with van der Waals surface area (Å²) in [5, 5.41) is 14.6. The van der Waals surface area contributed by atoms with Crippen molar-refractivity contribution in [2.45, 2.75) is 45.4 Å². The normalized spacial score (nSPS) is 22.9. The van der Waals surface area contributed by atoms with E-state index in [1.165, 1.54) is 12.8 Å². The minimum Gasteiger partial charge on any atom is -0.450 e. The van der Waals surface area contributed by atoms with Crippen molar-refractivity contribution in [2.75, 3.05) is 57.4 Å². The highest BCUT2D eigenvalue weighted by atomic mass is 16.6. The lowest BCUT2D eigenvalue weighted by Crippen LogP contribution is -2.58. The van der Waals surface area contributed by atoms with Gasteiger partial charge in [0.05, 0.1) is 12.8 Å². The molecule has 0 bridgehead atoms. The van der Waals surface area contributed by atoms with Crippen molar-refractivity contribution in [1.29, 1.82) is 0 Å². The molecule has 2 saturated heterocycles. The van der Waals surface area contributed by atoms with Gasteiger partial charge in [-0.2, -0.15) is 5.10 Å². The largest absolute Gasteiger partial charge is 0.450 e. The van der Waals surface area contributed by atoms with E-state index in [-0.39, 0.29) is 11.5 Å². The van der Waals surface area contributed by atoms with Gasteiger partial charge in [0.1, 0.15) is 5.69 Å². The van der Waals surface area contributed by atoms with Crippen molar-refractivity contribution in [3.63, 3.8) is 0 Å². The molecule has 1 unspecified atom stereocenters. The van der Waals surface area contributed by atoms with Gasteiger partial charge in [-0.15, -0.1) is 0 Å². The first-order valence-corrected chi connectivity index (χ1v) is 12.7. The molecule has 35 heavy (non-hydrogen) atoms. The van der Waals surface area contributed by atoms with Gasteiger partial charge in [0.2, 0.25) is 0 Å². The van der Waals surface area contributed by atoms with Crippen molar-refractivity contribution in [2.24, 2.45) is 5.41 Å². The fraction of sp³-hybridized carbons (Fsp3) is 0.640. The van der Waals surface area contributed by atoms with Crippen molar-refractivity contribution >= 4 is 11.9 Å². The quantitative estimate of drug-likeness (QED) is 0.599. The fourth-order valence-electron chi connectivity index (χ4n) is 5.84. The molecule has 3 aliphatic rings. The monoisotopic (exact) mass is 484 g/mol. The predicted octanol–water partition coefficient (Wildman–Crippen LogP) is 2.43. The maximum absolute atomic E-state index is 12.0. The van der Waals surface area contributed by atoms with Crippen LogP contribution in [-0.2, 0) is 9.47 Å². The summed E-state index contributed by atoms with van der Waals surface area (Å²) >= 11 is 0. The maximum atomic E-state index is 12.0. The van der Waals surface area contributed by atoms with E-state index in [1.54, 1.807) is 17.1 Å². The number of rotatable bonds is 7. The molecular formula is C25H36N6O4. The van der Waals surface area contributed by atoms with E-state index in [2.05, 4.69) is 19.9 Å². The summed E-state index contributed by atoms with van der Waals surface area (Å²) in [6, 6.07) is 4.50. The Morgan fingerprint density at radius 1 is 1.23 bits per heavy atom. The van der Waals surface area contributed by atoms with Crippen LogP contribution in [0.4, 0.5) is 10.6 Å². The third-order valence-corrected chi connectivity index (χ3v) is 7.61. The van der Waals surface area contributed by atoms with Crippen LogP contribution in [0.5, 0.6) is 0 Å². The lowest BCUT2D eigenvalue weighted by molar-refractivity contribution is -0.0979. The number of aromatic nitrogens is 3. The summed E-state index contributed by atoms with van der Waals surface area (Å²) in [5.41, 5.74) is 1.80. The van der Waals surface area contributed by atoms with Crippen LogP contribution in [0.3, 0.4) is 0 Å². The Kier molecular flexibility index (Phi) is 6.95. The molecule has 0 aromatic carbocycles. The van der Waals surface area contributed by atoms with Crippen LogP contribution in [0.1, 0.15) is 45.0 Å². The first kappa shape index (κ1) is 24.0. The van der Waals surface area contributed by atoms with E-state index >= 15 is 0 Å². The summed E-state index contributed by atoms with van der Waals surface area (Å²) in [6.07, 6.45) is 7.65. The topological polar surface area (TPSA) is 96.2 Å². The molecule has 10 heteroatoms. The van der Waals surface area contributed by atoms with Crippen LogP contribution in [-0.4, -0.2) is 94.3 Å². The molecule has 1 spiro atoms. The van der Waals surface area contributed by atoms with Gasteiger partial charge in [-0.1, -0.05) is 0 Å². The van der Waals surface area contributed by atoms with Gasteiger partial charge in [0.15, 0.2) is 12.1 Å². The highest BCUT2D eigenvalue weighted by Crippen LogP contribution is 2.47. The molecule has 1 saturated carbocycles. The summed E-state index contributed by atoms with van der Waals surface area (Å²) in [7, 11) is 0. The van der Waals surface area contributed by atoms with Crippen LogP contribution in [0.25, 0.3) is 5.69 Å². The molecule has 2 aromatic rings. The molecule has 2 aliphatic heterocycles. The zero-order chi connectivity index (χ0) is 24.4. The number of carbonyl (C=O) groups is 1. The first-order valence-electron chi connectivity index (χ1n) is 12.7. The maximum Gasteiger partial charge on any atom is 0.409 e. The molecule has 0 radical (unpaired) electrons. The number of hydrogen-bond acceptors (Lipinski definition) is 8. The molecule has 1 amide bonds. The predicted molar refractivity (Wildman–Crippen MR) is 130 cm³/mol. The van der Waals surface area contributed by atoms with Crippen molar-refractivity contribution in [3.8, 4) is 5.69 Å². The SMILES string of the molecule is CCOC(=O)N1CC2(CC[C@@H](N3CCN(c4ncccc4-n4cc(C(O)OCC)cn4)CC3)C2)C1. The number of aliphatic hydroxyl groups excluding tert-OH is 1. The molecule has 2 aromatic heterocycles. The first-order chi connectivity index (χ1) is 17.0. The molecule has 3 fully saturated rings.